The van der Waals surface area contributed by atoms with Crippen molar-refractivity contribution in [3.63, 3.8) is 0 Å². The molecule has 2 N–H and O–H groups in total. The molecule has 0 saturated carbocycles. The van der Waals surface area contributed by atoms with Gasteiger partial charge in [0.1, 0.15) is 11.3 Å². The van der Waals surface area contributed by atoms with E-state index in [0.29, 0.717) is 0 Å². The van der Waals surface area contributed by atoms with Crippen LogP contribution in [0.3, 0.4) is 0 Å². The molecule has 4 heteroatoms. The summed E-state index contributed by atoms with van der Waals surface area (Å²) in [5.41, 5.74) is 3.26. The number of methoxy groups -OCH3 is 1. The smallest absolute Gasteiger partial charge is 0.144 e. The van der Waals surface area contributed by atoms with Gasteiger partial charge in [-0.2, -0.15) is 5.10 Å². The van der Waals surface area contributed by atoms with Gasteiger partial charge in [-0.1, -0.05) is 18.2 Å². The zero-order valence-corrected chi connectivity index (χ0v) is 9.79. The molecule has 2 aromatic rings. The van der Waals surface area contributed by atoms with Gasteiger partial charge in [-0.25, -0.2) is 0 Å². The quantitative estimate of drug-likeness (QED) is 0.827. The van der Waals surface area contributed by atoms with Gasteiger partial charge in [0.15, 0.2) is 0 Å². The lowest BCUT2D eigenvalue weighted by Gasteiger charge is -2.12. The van der Waals surface area contributed by atoms with Crippen molar-refractivity contribution in [1.82, 2.24) is 15.5 Å². The van der Waals surface area contributed by atoms with E-state index < -0.39 is 0 Å². The highest BCUT2D eigenvalue weighted by molar-refractivity contribution is 5.94. The average Bonchev–Trinajstić information content (AvgIpc) is 2.83. The Morgan fingerprint density at radius 2 is 2.29 bits per heavy atom. The highest BCUT2D eigenvalue weighted by Crippen LogP contribution is 2.29. The van der Waals surface area contributed by atoms with Gasteiger partial charge in [0, 0.05) is 11.9 Å². The number of ether oxygens (including phenoxy) is 1. The number of nitrogens with one attached hydrogen (secondary N) is 2. The third-order valence-corrected chi connectivity index (χ3v) is 3.11. The van der Waals surface area contributed by atoms with Crippen LogP contribution in [0.5, 0.6) is 5.75 Å². The molecule has 0 unspecified atom stereocenters. The summed E-state index contributed by atoms with van der Waals surface area (Å²) in [6.45, 7) is 1.94. The first-order valence-corrected chi connectivity index (χ1v) is 5.81. The molecular weight excluding hydrogens is 214 g/mol. The molecule has 1 aromatic carbocycles. The van der Waals surface area contributed by atoms with Crippen LogP contribution in [-0.2, 0) is 0 Å². The number of nitrogens with zero attached hydrogens (tertiary/aromatic N) is 1. The van der Waals surface area contributed by atoms with Crippen LogP contribution in [-0.4, -0.2) is 30.4 Å². The summed E-state index contributed by atoms with van der Waals surface area (Å²) in [6, 6.07) is 6.01. The Balaban J connectivity index is 2.15. The van der Waals surface area contributed by atoms with Crippen LogP contribution in [0.1, 0.15) is 12.1 Å². The molecule has 0 amide bonds. The normalized spacial score (nSPS) is 15.9. The number of fused-ring (bicyclic) bond motifs is 1. The SMILES string of the molecule is COc1cccc2c(C3=CCCNC3)n[nH]c12. The van der Waals surface area contributed by atoms with Crippen molar-refractivity contribution in [2.45, 2.75) is 6.42 Å². The van der Waals surface area contributed by atoms with Gasteiger partial charge in [0.05, 0.1) is 12.8 Å². The van der Waals surface area contributed by atoms with E-state index >= 15 is 0 Å². The fourth-order valence-corrected chi connectivity index (χ4v) is 2.25. The maximum Gasteiger partial charge on any atom is 0.144 e. The van der Waals surface area contributed by atoms with Gasteiger partial charge in [0.2, 0.25) is 0 Å². The first kappa shape index (κ1) is 10.4. The molecule has 0 radical (unpaired) electrons. The highest BCUT2D eigenvalue weighted by Gasteiger charge is 2.14. The van der Waals surface area contributed by atoms with E-state index in [2.05, 4.69) is 27.7 Å². The summed E-state index contributed by atoms with van der Waals surface area (Å²) in [4.78, 5) is 0. The minimum Gasteiger partial charge on any atom is -0.494 e. The molecule has 1 aliphatic rings. The van der Waals surface area contributed by atoms with Gasteiger partial charge in [-0.05, 0) is 24.6 Å². The largest absolute Gasteiger partial charge is 0.494 e. The minimum absolute atomic E-state index is 0.839. The average molecular weight is 229 g/mol. The summed E-state index contributed by atoms with van der Waals surface area (Å²) in [5.74, 6) is 0.839. The fraction of sp³-hybridized carbons (Fsp3) is 0.308. The van der Waals surface area contributed by atoms with E-state index in [1.54, 1.807) is 7.11 Å². The minimum atomic E-state index is 0.839. The first-order chi connectivity index (χ1) is 8.40. The zero-order valence-electron chi connectivity index (χ0n) is 9.79. The predicted molar refractivity (Wildman–Crippen MR) is 68.1 cm³/mol. The summed E-state index contributed by atoms with van der Waals surface area (Å²) >= 11 is 0. The van der Waals surface area contributed by atoms with Gasteiger partial charge in [0.25, 0.3) is 0 Å². The Kier molecular flexibility index (Phi) is 2.57. The number of H-pyrrole nitrogens is 1. The van der Waals surface area contributed by atoms with Crippen molar-refractivity contribution in [3.05, 3.63) is 30.0 Å². The van der Waals surface area contributed by atoms with Crippen LogP contribution in [0.25, 0.3) is 16.5 Å². The molecule has 0 spiro atoms. The number of hydrogen-bond acceptors (Lipinski definition) is 3. The molecule has 17 heavy (non-hydrogen) atoms. The molecule has 0 aliphatic carbocycles. The van der Waals surface area contributed by atoms with E-state index in [9.17, 15) is 0 Å². The fourth-order valence-electron chi connectivity index (χ4n) is 2.25. The number of benzene rings is 1. The standard InChI is InChI=1S/C13H15N3O/c1-17-11-6-2-5-10-12(15-16-13(10)11)9-4-3-7-14-8-9/h2,4-6,14H,3,7-8H2,1H3,(H,15,16). The van der Waals surface area contributed by atoms with Crippen molar-refractivity contribution in [2.75, 3.05) is 20.2 Å². The highest BCUT2D eigenvalue weighted by atomic mass is 16.5. The number of para-hydroxylation sites is 1. The third kappa shape index (κ3) is 1.70. The molecule has 1 aliphatic heterocycles. The molecule has 0 fully saturated rings. The van der Waals surface area contributed by atoms with E-state index in [4.69, 9.17) is 4.74 Å². The maximum absolute atomic E-state index is 5.32. The third-order valence-electron chi connectivity index (χ3n) is 3.11. The van der Waals surface area contributed by atoms with Crippen LogP contribution in [0, 0.1) is 0 Å². The predicted octanol–water partition coefficient (Wildman–Crippen LogP) is 1.95. The monoisotopic (exact) mass is 229 g/mol. The summed E-state index contributed by atoms with van der Waals surface area (Å²) in [6.07, 6.45) is 3.32. The van der Waals surface area contributed by atoms with Gasteiger partial charge in [-0.15, -0.1) is 0 Å². The molecule has 1 aromatic heterocycles. The molecule has 0 saturated heterocycles. The van der Waals surface area contributed by atoms with E-state index in [0.717, 1.165) is 41.9 Å². The zero-order chi connectivity index (χ0) is 11.7. The van der Waals surface area contributed by atoms with Crippen molar-refractivity contribution < 1.29 is 4.74 Å². The molecular formula is C13H15N3O. The van der Waals surface area contributed by atoms with Crippen LogP contribution >= 0.6 is 0 Å². The molecule has 88 valence electrons. The Morgan fingerprint density at radius 1 is 1.35 bits per heavy atom. The number of hydrogen-bond donors (Lipinski definition) is 2. The molecule has 0 bridgehead atoms. The van der Waals surface area contributed by atoms with Crippen molar-refractivity contribution in [2.24, 2.45) is 0 Å². The van der Waals surface area contributed by atoms with Crippen molar-refractivity contribution >= 4 is 16.5 Å². The van der Waals surface area contributed by atoms with E-state index in [-0.39, 0.29) is 0 Å². The maximum atomic E-state index is 5.32. The number of rotatable bonds is 2. The molecule has 3 rings (SSSR count). The molecule has 4 nitrogen and oxygen atoms in total. The van der Waals surface area contributed by atoms with Crippen molar-refractivity contribution in [1.29, 1.82) is 0 Å². The number of aromatic amines is 1. The Hall–Kier alpha value is -1.81. The topological polar surface area (TPSA) is 49.9 Å². The Bertz CT molecular complexity index is 571. The first-order valence-electron chi connectivity index (χ1n) is 5.81. The second-order valence-corrected chi connectivity index (χ2v) is 4.15. The summed E-state index contributed by atoms with van der Waals surface area (Å²) in [7, 11) is 1.68. The van der Waals surface area contributed by atoms with E-state index in [1.165, 1.54) is 5.57 Å². The Labute approximate surface area is 99.7 Å². The summed E-state index contributed by atoms with van der Waals surface area (Å²) in [5, 5.41) is 12.0. The van der Waals surface area contributed by atoms with Crippen LogP contribution < -0.4 is 10.1 Å². The van der Waals surface area contributed by atoms with Crippen LogP contribution in [0.4, 0.5) is 0 Å². The second kappa shape index (κ2) is 4.22. The van der Waals surface area contributed by atoms with Gasteiger partial charge >= 0.3 is 0 Å². The lowest BCUT2D eigenvalue weighted by molar-refractivity contribution is 0.419. The summed E-state index contributed by atoms with van der Waals surface area (Å²) < 4.78 is 5.32. The molecule has 2 heterocycles. The van der Waals surface area contributed by atoms with Gasteiger partial charge < -0.3 is 10.1 Å². The lowest BCUT2D eigenvalue weighted by atomic mass is 10.0. The molecule has 0 atom stereocenters. The van der Waals surface area contributed by atoms with E-state index in [1.807, 2.05) is 12.1 Å². The van der Waals surface area contributed by atoms with Crippen LogP contribution in [0.15, 0.2) is 24.3 Å². The van der Waals surface area contributed by atoms with Gasteiger partial charge in [-0.3, -0.25) is 5.10 Å². The van der Waals surface area contributed by atoms with Crippen molar-refractivity contribution in [3.8, 4) is 5.75 Å². The van der Waals surface area contributed by atoms with Crippen LogP contribution in [0.2, 0.25) is 0 Å². The lowest BCUT2D eigenvalue weighted by Crippen LogP contribution is -2.21. The Morgan fingerprint density at radius 3 is 3.06 bits per heavy atom. The number of aromatic nitrogens is 2. The second-order valence-electron chi connectivity index (χ2n) is 4.15.